The Balaban J connectivity index is 1.39. The number of fused-ring (bicyclic) bond motifs is 1. The van der Waals surface area contributed by atoms with E-state index in [0.29, 0.717) is 17.8 Å². The van der Waals surface area contributed by atoms with Gasteiger partial charge < -0.3 is 9.64 Å². The van der Waals surface area contributed by atoms with Gasteiger partial charge >= 0.3 is 5.97 Å². The van der Waals surface area contributed by atoms with Crippen LogP contribution in [0, 0.1) is 5.82 Å². The first-order chi connectivity index (χ1) is 16.1. The number of amides is 1. The highest BCUT2D eigenvalue weighted by Gasteiger charge is 2.26. The van der Waals surface area contributed by atoms with E-state index >= 15 is 0 Å². The fourth-order valence-electron chi connectivity index (χ4n) is 3.94. The Hall–Kier alpha value is -4.26. The standard InChI is InChI=1S/C26H20FN3O3/c27-20-12-10-19(11-13-20)25-22(16-30(28-25)21-7-2-1-3-8-21)26(32)33-17-24(31)29-15-14-18-6-4-5-9-23(18)29/h1-13,16H,14-15,17H2. The number of carbonyl (C=O) groups is 2. The minimum Gasteiger partial charge on any atom is -0.452 e. The zero-order chi connectivity index (χ0) is 22.8. The maximum absolute atomic E-state index is 13.4. The summed E-state index contributed by atoms with van der Waals surface area (Å²) in [5, 5.41) is 4.53. The van der Waals surface area contributed by atoms with E-state index in [1.807, 2.05) is 54.6 Å². The molecule has 0 fully saturated rings. The van der Waals surface area contributed by atoms with E-state index in [9.17, 15) is 14.0 Å². The fraction of sp³-hybridized carbons (Fsp3) is 0.115. The molecule has 0 atom stereocenters. The third kappa shape index (κ3) is 4.13. The van der Waals surface area contributed by atoms with Gasteiger partial charge in [0.1, 0.15) is 17.1 Å². The first kappa shape index (κ1) is 20.6. The SMILES string of the molecule is O=C(OCC(=O)N1CCc2ccccc21)c1cn(-c2ccccc2)nc1-c1ccc(F)cc1. The van der Waals surface area contributed by atoms with Crippen molar-refractivity contribution in [2.75, 3.05) is 18.1 Å². The Bertz CT molecular complexity index is 1320. The highest BCUT2D eigenvalue weighted by molar-refractivity contribution is 6.00. The molecule has 5 rings (SSSR count). The van der Waals surface area contributed by atoms with Gasteiger partial charge in [-0.25, -0.2) is 13.9 Å². The summed E-state index contributed by atoms with van der Waals surface area (Å²) in [4.78, 5) is 27.4. The lowest BCUT2D eigenvalue weighted by Crippen LogP contribution is -2.33. The fourth-order valence-corrected chi connectivity index (χ4v) is 3.94. The predicted octanol–water partition coefficient (Wildman–Crippen LogP) is 4.42. The molecule has 1 aromatic heterocycles. The first-order valence-electron chi connectivity index (χ1n) is 10.6. The van der Waals surface area contributed by atoms with Crippen molar-refractivity contribution in [1.82, 2.24) is 9.78 Å². The van der Waals surface area contributed by atoms with Crippen molar-refractivity contribution >= 4 is 17.6 Å². The van der Waals surface area contributed by atoms with E-state index in [2.05, 4.69) is 5.10 Å². The van der Waals surface area contributed by atoms with Gasteiger partial charge in [-0.05, 0) is 54.4 Å². The van der Waals surface area contributed by atoms with Crippen molar-refractivity contribution in [1.29, 1.82) is 0 Å². The number of halogens is 1. The zero-order valence-electron chi connectivity index (χ0n) is 17.6. The number of aromatic nitrogens is 2. The van der Waals surface area contributed by atoms with Crippen LogP contribution >= 0.6 is 0 Å². The highest BCUT2D eigenvalue weighted by Crippen LogP contribution is 2.28. The monoisotopic (exact) mass is 441 g/mol. The Kier molecular flexibility index (Phi) is 5.44. The van der Waals surface area contributed by atoms with Gasteiger partial charge in [0.25, 0.3) is 5.91 Å². The summed E-state index contributed by atoms with van der Waals surface area (Å²) >= 11 is 0. The second-order valence-electron chi connectivity index (χ2n) is 7.68. The molecule has 4 aromatic rings. The number of rotatable bonds is 5. The minimum absolute atomic E-state index is 0.195. The molecular weight excluding hydrogens is 421 g/mol. The summed E-state index contributed by atoms with van der Waals surface area (Å²) in [6, 6.07) is 22.7. The lowest BCUT2D eigenvalue weighted by molar-refractivity contribution is -0.121. The summed E-state index contributed by atoms with van der Waals surface area (Å²) in [5.74, 6) is -1.34. The molecule has 1 aliphatic heterocycles. The molecule has 2 heterocycles. The summed E-state index contributed by atoms with van der Waals surface area (Å²) < 4.78 is 20.4. The van der Waals surface area contributed by atoms with E-state index in [0.717, 1.165) is 23.4 Å². The minimum atomic E-state index is -0.669. The second kappa shape index (κ2) is 8.70. The molecule has 0 radical (unpaired) electrons. The molecule has 33 heavy (non-hydrogen) atoms. The topological polar surface area (TPSA) is 64.4 Å². The van der Waals surface area contributed by atoms with Crippen molar-refractivity contribution in [3.05, 3.63) is 102 Å². The van der Waals surface area contributed by atoms with E-state index in [4.69, 9.17) is 4.74 Å². The van der Waals surface area contributed by atoms with Crippen molar-refractivity contribution in [2.24, 2.45) is 0 Å². The summed E-state index contributed by atoms with van der Waals surface area (Å²) in [5.41, 5.74) is 3.81. The Morgan fingerprint density at radius 3 is 2.45 bits per heavy atom. The first-order valence-corrected chi connectivity index (χ1v) is 10.6. The van der Waals surface area contributed by atoms with Crippen molar-refractivity contribution in [3.8, 4) is 16.9 Å². The molecule has 3 aromatic carbocycles. The number of carbonyl (C=O) groups excluding carboxylic acids is 2. The van der Waals surface area contributed by atoms with Crippen LogP contribution in [0.2, 0.25) is 0 Å². The molecule has 164 valence electrons. The molecule has 1 amide bonds. The van der Waals surface area contributed by atoms with Crippen molar-refractivity contribution in [2.45, 2.75) is 6.42 Å². The summed E-state index contributed by atoms with van der Waals surface area (Å²) in [6.45, 7) is 0.176. The Morgan fingerprint density at radius 1 is 0.939 bits per heavy atom. The lowest BCUT2D eigenvalue weighted by Gasteiger charge is -2.17. The quantitative estimate of drug-likeness (QED) is 0.430. The number of anilines is 1. The molecule has 0 aliphatic carbocycles. The van der Waals surface area contributed by atoms with Crippen molar-refractivity contribution < 1.29 is 18.7 Å². The predicted molar refractivity (Wildman–Crippen MR) is 122 cm³/mol. The van der Waals surface area contributed by atoms with Gasteiger partial charge in [-0.15, -0.1) is 0 Å². The third-order valence-electron chi connectivity index (χ3n) is 5.59. The molecular formula is C26H20FN3O3. The van der Waals surface area contributed by atoms with Gasteiger partial charge in [-0.3, -0.25) is 4.79 Å². The number of nitrogens with zero attached hydrogens (tertiary/aromatic N) is 3. The van der Waals surface area contributed by atoms with Crippen LogP contribution in [-0.4, -0.2) is 34.8 Å². The van der Waals surface area contributed by atoms with Crippen LogP contribution in [0.15, 0.2) is 85.1 Å². The largest absolute Gasteiger partial charge is 0.452 e. The van der Waals surface area contributed by atoms with E-state index in [1.54, 1.807) is 27.9 Å². The summed E-state index contributed by atoms with van der Waals surface area (Å²) in [6.07, 6.45) is 2.33. The number of benzene rings is 3. The number of para-hydroxylation sites is 2. The molecule has 0 bridgehead atoms. The molecule has 0 spiro atoms. The third-order valence-corrected chi connectivity index (χ3v) is 5.59. The van der Waals surface area contributed by atoms with Crippen LogP contribution < -0.4 is 4.90 Å². The zero-order valence-corrected chi connectivity index (χ0v) is 17.6. The normalized spacial score (nSPS) is 12.5. The maximum atomic E-state index is 13.4. The molecule has 1 aliphatic rings. The average molecular weight is 441 g/mol. The van der Waals surface area contributed by atoms with Crippen LogP contribution in [0.3, 0.4) is 0 Å². The molecule has 0 saturated heterocycles. The number of hydrogen-bond donors (Lipinski definition) is 0. The molecule has 0 saturated carbocycles. The van der Waals surface area contributed by atoms with Gasteiger partial charge in [-0.1, -0.05) is 36.4 Å². The van der Waals surface area contributed by atoms with Crippen LogP contribution in [0.5, 0.6) is 0 Å². The maximum Gasteiger partial charge on any atom is 0.342 e. The van der Waals surface area contributed by atoms with Gasteiger partial charge in [-0.2, -0.15) is 5.10 Å². The van der Waals surface area contributed by atoms with Crippen LogP contribution in [0.4, 0.5) is 10.1 Å². The molecule has 0 N–H and O–H groups in total. The van der Waals surface area contributed by atoms with E-state index in [1.165, 1.54) is 12.1 Å². The van der Waals surface area contributed by atoms with E-state index in [-0.39, 0.29) is 23.9 Å². The second-order valence-corrected chi connectivity index (χ2v) is 7.68. The van der Waals surface area contributed by atoms with Crippen LogP contribution in [0.25, 0.3) is 16.9 Å². The number of esters is 1. The number of hydrogen-bond acceptors (Lipinski definition) is 4. The smallest absolute Gasteiger partial charge is 0.342 e. The summed E-state index contributed by atoms with van der Waals surface area (Å²) in [7, 11) is 0. The number of ether oxygens (including phenoxy) is 1. The van der Waals surface area contributed by atoms with Gasteiger partial charge in [0.05, 0.1) is 5.69 Å². The molecule has 7 heteroatoms. The van der Waals surface area contributed by atoms with Gasteiger partial charge in [0.2, 0.25) is 0 Å². The lowest BCUT2D eigenvalue weighted by atomic mass is 10.1. The van der Waals surface area contributed by atoms with Gasteiger partial charge in [0.15, 0.2) is 6.61 Å². The van der Waals surface area contributed by atoms with E-state index < -0.39 is 5.97 Å². The van der Waals surface area contributed by atoms with Gasteiger partial charge in [0, 0.05) is 24.0 Å². The Labute approximate surface area is 189 Å². The molecule has 0 unspecified atom stereocenters. The van der Waals surface area contributed by atoms with Crippen LogP contribution in [-0.2, 0) is 16.0 Å². The Morgan fingerprint density at radius 2 is 1.67 bits per heavy atom. The van der Waals surface area contributed by atoms with Crippen molar-refractivity contribution in [3.63, 3.8) is 0 Å². The van der Waals surface area contributed by atoms with Crippen LogP contribution in [0.1, 0.15) is 15.9 Å². The molecule has 6 nitrogen and oxygen atoms in total. The average Bonchev–Trinajstić information content (AvgIpc) is 3.49. The highest BCUT2D eigenvalue weighted by atomic mass is 19.1.